The molecule has 1 aromatic carbocycles. The van der Waals surface area contributed by atoms with Gasteiger partial charge in [-0.3, -0.25) is 29.4 Å². The molecule has 2 bridgehead atoms. The van der Waals surface area contributed by atoms with Gasteiger partial charge >= 0.3 is 0 Å². The smallest absolute Gasteiger partial charge is 0.273 e. The summed E-state index contributed by atoms with van der Waals surface area (Å²) in [5.41, 5.74) is 0.0676. The maximum Gasteiger partial charge on any atom is 0.273 e. The molecule has 3 fully saturated rings. The first-order valence-electron chi connectivity index (χ1n) is 9.56. The number of nitrogens with zero attached hydrogens (tertiary/aromatic N) is 2. The molecule has 0 radical (unpaired) electrons. The number of imide groups is 1. The van der Waals surface area contributed by atoms with Crippen LogP contribution in [0.4, 0.5) is 11.4 Å². The Morgan fingerprint density at radius 3 is 2.38 bits per heavy atom. The van der Waals surface area contributed by atoms with Crippen molar-refractivity contribution < 1.29 is 24.0 Å². The summed E-state index contributed by atoms with van der Waals surface area (Å²) in [7, 11) is 1.33. The van der Waals surface area contributed by atoms with Gasteiger partial charge in [0.2, 0.25) is 17.7 Å². The summed E-state index contributed by atoms with van der Waals surface area (Å²) >= 11 is 0. The fourth-order valence-corrected chi connectivity index (χ4v) is 5.40. The summed E-state index contributed by atoms with van der Waals surface area (Å²) < 4.78 is 5.10. The van der Waals surface area contributed by atoms with E-state index in [2.05, 4.69) is 17.5 Å². The molecular formula is C20H19N3O6. The van der Waals surface area contributed by atoms with Crippen molar-refractivity contribution in [3.8, 4) is 5.75 Å². The molecule has 3 amide bonds. The van der Waals surface area contributed by atoms with Crippen molar-refractivity contribution in [2.24, 2.45) is 35.5 Å². The van der Waals surface area contributed by atoms with Gasteiger partial charge in [-0.2, -0.15) is 0 Å². The number of methoxy groups -OCH3 is 1. The van der Waals surface area contributed by atoms with Crippen molar-refractivity contribution in [3.63, 3.8) is 0 Å². The van der Waals surface area contributed by atoms with Crippen molar-refractivity contribution in [3.05, 3.63) is 40.5 Å². The minimum absolute atomic E-state index is 0.106. The Bertz CT molecular complexity index is 952. The highest BCUT2D eigenvalue weighted by molar-refractivity contribution is 6.09. The predicted molar refractivity (Wildman–Crippen MR) is 99.7 cm³/mol. The highest BCUT2D eigenvalue weighted by Gasteiger charge is 2.67. The molecule has 1 aromatic rings. The van der Waals surface area contributed by atoms with Gasteiger partial charge in [0, 0.05) is 6.07 Å². The van der Waals surface area contributed by atoms with E-state index in [1.807, 2.05) is 0 Å². The van der Waals surface area contributed by atoms with Crippen LogP contribution in [0.25, 0.3) is 0 Å². The first-order valence-corrected chi connectivity index (χ1v) is 9.56. The average molecular weight is 397 g/mol. The maximum atomic E-state index is 12.9. The van der Waals surface area contributed by atoms with E-state index >= 15 is 0 Å². The summed E-state index contributed by atoms with van der Waals surface area (Å²) in [5.74, 6) is -0.437. The third-order valence-electron chi connectivity index (χ3n) is 6.73. The number of nitro benzene ring substituents is 1. The lowest BCUT2D eigenvalue weighted by molar-refractivity contribution is -0.384. The van der Waals surface area contributed by atoms with Gasteiger partial charge in [0.1, 0.15) is 12.3 Å². The van der Waals surface area contributed by atoms with Gasteiger partial charge in [-0.25, -0.2) is 0 Å². The molecule has 9 nitrogen and oxygen atoms in total. The zero-order chi connectivity index (χ0) is 20.4. The van der Waals surface area contributed by atoms with Crippen LogP contribution >= 0.6 is 0 Å². The molecule has 4 aliphatic carbocycles. The summed E-state index contributed by atoms with van der Waals surface area (Å²) in [6.07, 6.45) is 5.24. The monoisotopic (exact) mass is 397 g/mol. The van der Waals surface area contributed by atoms with Crippen LogP contribution in [0.2, 0.25) is 0 Å². The van der Waals surface area contributed by atoms with Gasteiger partial charge in [0.25, 0.3) is 5.69 Å². The number of non-ortho nitro benzene ring substituents is 1. The fourth-order valence-electron chi connectivity index (χ4n) is 5.40. The molecule has 29 heavy (non-hydrogen) atoms. The first-order chi connectivity index (χ1) is 13.9. The van der Waals surface area contributed by atoms with E-state index < -0.39 is 10.8 Å². The third-order valence-corrected chi connectivity index (χ3v) is 6.73. The van der Waals surface area contributed by atoms with E-state index in [9.17, 15) is 24.5 Å². The number of anilines is 1. The summed E-state index contributed by atoms with van der Waals surface area (Å²) in [6.45, 7) is -0.375. The Balaban J connectivity index is 1.32. The van der Waals surface area contributed by atoms with E-state index in [0.29, 0.717) is 11.8 Å². The molecular weight excluding hydrogens is 378 g/mol. The second kappa shape index (κ2) is 6.13. The van der Waals surface area contributed by atoms with Gasteiger partial charge in [0.15, 0.2) is 0 Å². The number of ether oxygens (including phenoxy) is 1. The van der Waals surface area contributed by atoms with Crippen LogP contribution in [-0.4, -0.2) is 41.2 Å². The van der Waals surface area contributed by atoms with Crippen LogP contribution in [-0.2, 0) is 14.4 Å². The average Bonchev–Trinajstić information content (AvgIpc) is 3.49. The molecule has 0 unspecified atom stereocenters. The molecule has 0 aromatic heterocycles. The Morgan fingerprint density at radius 2 is 1.83 bits per heavy atom. The number of allylic oxidation sites excluding steroid dienone is 2. The minimum atomic E-state index is -0.565. The summed E-state index contributed by atoms with van der Waals surface area (Å²) in [4.78, 5) is 49.8. The molecule has 150 valence electrons. The van der Waals surface area contributed by atoms with E-state index in [4.69, 9.17) is 4.74 Å². The number of nitrogens with one attached hydrogen (secondary N) is 1. The maximum absolute atomic E-state index is 12.9. The van der Waals surface area contributed by atoms with Crippen molar-refractivity contribution in [1.82, 2.24) is 4.90 Å². The van der Waals surface area contributed by atoms with Crippen molar-refractivity contribution in [2.45, 2.75) is 6.42 Å². The lowest BCUT2D eigenvalue weighted by Gasteiger charge is -2.37. The van der Waals surface area contributed by atoms with Crippen molar-refractivity contribution in [1.29, 1.82) is 0 Å². The fraction of sp³-hybridized carbons (Fsp3) is 0.450. The van der Waals surface area contributed by atoms with E-state index in [1.165, 1.54) is 25.3 Å². The summed E-state index contributed by atoms with van der Waals surface area (Å²) in [6, 6.07) is 3.81. The number of likely N-dealkylation sites (tertiary alicyclic amines) is 1. The van der Waals surface area contributed by atoms with Crippen LogP contribution < -0.4 is 10.1 Å². The van der Waals surface area contributed by atoms with E-state index in [-0.39, 0.29) is 59.2 Å². The standard InChI is InChI=1S/C20H19N3O6/c1-29-15-6-9(23(27)28)2-5-14(15)21-16(24)8-22-19(25)17-10-3-4-11(13-7-12(10)13)18(17)20(22)26/h2-6,10-13,17-18H,7-8H2,1H3,(H,21,24)/t10-,11-,12-,13+,17+,18+/m0/s1. The number of amides is 3. The van der Waals surface area contributed by atoms with Crippen LogP contribution in [0.5, 0.6) is 5.75 Å². The number of rotatable bonds is 5. The largest absolute Gasteiger partial charge is 0.494 e. The van der Waals surface area contributed by atoms with Crippen LogP contribution in [0.15, 0.2) is 30.4 Å². The molecule has 6 rings (SSSR count). The lowest BCUT2D eigenvalue weighted by Crippen LogP contribution is -2.40. The van der Waals surface area contributed by atoms with Gasteiger partial charge in [-0.1, -0.05) is 12.2 Å². The number of benzene rings is 1. The lowest BCUT2D eigenvalue weighted by atomic mass is 9.63. The van der Waals surface area contributed by atoms with Crippen LogP contribution in [0.3, 0.4) is 0 Å². The van der Waals surface area contributed by atoms with Crippen LogP contribution in [0, 0.1) is 45.6 Å². The predicted octanol–water partition coefficient (Wildman–Crippen LogP) is 1.59. The highest BCUT2D eigenvalue weighted by Crippen LogP contribution is 2.65. The van der Waals surface area contributed by atoms with Gasteiger partial charge in [-0.15, -0.1) is 0 Å². The topological polar surface area (TPSA) is 119 Å². The molecule has 1 heterocycles. The second-order valence-corrected chi connectivity index (χ2v) is 8.11. The molecule has 5 aliphatic rings. The molecule has 2 saturated carbocycles. The van der Waals surface area contributed by atoms with E-state index in [0.717, 1.165) is 11.3 Å². The number of hydrogen-bond acceptors (Lipinski definition) is 6. The minimum Gasteiger partial charge on any atom is -0.494 e. The zero-order valence-corrected chi connectivity index (χ0v) is 15.6. The van der Waals surface area contributed by atoms with Gasteiger partial charge < -0.3 is 10.1 Å². The first kappa shape index (κ1) is 17.8. The zero-order valence-electron chi connectivity index (χ0n) is 15.6. The number of carbonyl (C=O) groups is 3. The molecule has 1 saturated heterocycles. The Morgan fingerprint density at radius 1 is 1.21 bits per heavy atom. The van der Waals surface area contributed by atoms with Gasteiger partial charge in [0.05, 0.1) is 35.6 Å². The molecule has 1 aliphatic heterocycles. The van der Waals surface area contributed by atoms with Crippen molar-refractivity contribution >= 4 is 29.1 Å². The summed E-state index contributed by atoms with van der Waals surface area (Å²) in [5, 5.41) is 13.5. The Kier molecular flexibility index (Phi) is 3.77. The number of carbonyl (C=O) groups excluding carboxylic acids is 3. The van der Waals surface area contributed by atoms with Crippen molar-refractivity contribution in [2.75, 3.05) is 19.0 Å². The van der Waals surface area contributed by atoms with Gasteiger partial charge in [-0.05, 0) is 36.2 Å². The Hall–Kier alpha value is -3.23. The SMILES string of the molecule is COc1cc([N+](=O)[O-])ccc1NC(=O)CN1C(=O)[C@@H]2[C@H]3C=C[C@@H]([C@@H]4C[C@H]34)[C@H]2C1=O. The quantitative estimate of drug-likeness (QED) is 0.349. The normalized spacial score (nSPS) is 33.3. The number of hydrogen-bond donors (Lipinski definition) is 1. The number of nitro groups is 1. The van der Waals surface area contributed by atoms with E-state index in [1.54, 1.807) is 0 Å². The third kappa shape index (κ3) is 2.56. The molecule has 6 atom stereocenters. The second-order valence-electron chi connectivity index (χ2n) is 8.11. The highest BCUT2D eigenvalue weighted by atomic mass is 16.6. The molecule has 0 spiro atoms. The van der Waals surface area contributed by atoms with Crippen LogP contribution in [0.1, 0.15) is 6.42 Å². The molecule has 9 heteroatoms. The molecule has 1 N–H and O–H groups in total. The Labute approximate surface area is 165 Å².